The average Bonchev–Trinajstić information content (AvgIpc) is 2.49. The quantitative estimate of drug-likeness (QED) is 0.680. The average molecular weight is 347 g/mol. The Morgan fingerprint density at radius 3 is 2.62 bits per heavy atom. The van der Waals surface area contributed by atoms with Gasteiger partial charge in [-0.2, -0.15) is 5.10 Å². The van der Waals surface area contributed by atoms with Crippen molar-refractivity contribution >= 4 is 28.1 Å². The van der Waals surface area contributed by atoms with E-state index in [-0.39, 0.29) is 5.91 Å². The second-order valence-corrected chi connectivity index (χ2v) is 5.31. The molecular weight excluding hydrogens is 332 g/mol. The number of hydrogen-bond acceptors (Lipinski definition) is 3. The fraction of sp³-hybridized carbons (Fsp3) is 0.125. The molecule has 2 aromatic rings. The van der Waals surface area contributed by atoms with Crippen LogP contribution in [0.25, 0.3) is 0 Å². The molecule has 0 fully saturated rings. The van der Waals surface area contributed by atoms with E-state index in [1.54, 1.807) is 31.5 Å². The van der Waals surface area contributed by atoms with Crippen molar-refractivity contribution < 1.29 is 9.53 Å². The van der Waals surface area contributed by atoms with Crippen molar-refractivity contribution in [3.8, 4) is 5.75 Å². The Morgan fingerprint density at radius 2 is 1.95 bits per heavy atom. The van der Waals surface area contributed by atoms with Gasteiger partial charge >= 0.3 is 0 Å². The number of nitrogens with one attached hydrogen (secondary N) is 1. The van der Waals surface area contributed by atoms with E-state index in [2.05, 4.69) is 26.5 Å². The third-order valence-electron chi connectivity index (χ3n) is 2.88. The van der Waals surface area contributed by atoms with E-state index in [0.29, 0.717) is 15.8 Å². The Kier molecular flexibility index (Phi) is 5.11. The number of halogens is 1. The van der Waals surface area contributed by atoms with Crippen LogP contribution in [0.2, 0.25) is 0 Å². The summed E-state index contributed by atoms with van der Waals surface area (Å²) in [5.74, 6) is 0.315. The number of ether oxygens (including phenoxy) is 1. The summed E-state index contributed by atoms with van der Waals surface area (Å²) in [7, 11) is 1.56. The highest BCUT2D eigenvalue weighted by molar-refractivity contribution is 9.10. The molecule has 4 nitrogen and oxygen atoms in total. The van der Waals surface area contributed by atoms with Gasteiger partial charge in [-0.1, -0.05) is 29.8 Å². The van der Waals surface area contributed by atoms with Crippen LogP contribution in [0.3, 0.4) is 0 Å². The number of aryl methyl sites for hydroxylation is 1. The number of methoxy groups -OCH3 is 1. The van der Waals surface area contributed by atoms with Gasteiger partial charge in [0.1, 0.15) is 5.75 Å². The van der Waals surface area contributed by atoms with Crippen LogP contribution in [-0.2, 0) is 0 Å². The van der Waals surface area contributed by atoms with Gasteiger partial charge in [0.05, 0.1) is 18.9 Å². The van der Waals surface area contributed by atoms with Gasteiger partial charge in [-0.15, -0.1) is 0 Å². The summed E-state index contributed by atoms with van der Waals surface area (Å²) < 4.78 is 5.79. The van der Waals surface area contributed by atoms with Crippen molar-refractivity contribution in [1.29, 1.82) is 0 Å². The van der Waals surface area contributed by atoms with Gasteiger partial charge in [-0.3, -0.25) is 4.79 Å². The lowest BCUT2D eigenvalue weighted by atomic mass is 10.2. The summed E-state index contributed by atoms with van der Waals surface area (Å²) >= 11 is 3.34. The molecule has 5 heteroatoms. The van der Waals surface area contributed by atoms with Crippen LogP contribution >= 0.6 is 15.9 Å². The first kappa shape index (κ1) is 15.3. The van der Waals surface area contributed by atoms with Crippen LogP contribution in [0.15, 0.2) is 52.0 Å². The molecule has 1 N–H and O–H groups in total. The monoisotopic (exact) mass is 346 g/mol. The lowest BCUT2D eigenvalue weighted by Crippen LogP contribution is -2.18. The van der Waals surface area contributed by atoms with E-state index < -0.39 is 0 Å². The second kappa shape index (κ2) is 7.04. The van der Waals surface area contributed by atoms with E-state index in [1.165, 1.54) is 5.56 Å². The highest BCUT2D eigenvalue weighted by Crippen LogP contribution is 2.22. The number of hydrogen-bond donors (Lipinski definition) is 1. The van der Waals surface area contributed by atoms with Gasteiger partial charge in [0, 0.05) is 4.47 Å². The molecule has 2 aromatic carbocycles. The van der Waals surface area contributed by atoms with Gasteiger partial charge in [-0.25, -0.2) is 5.43 Å². The zero-order chi connectivity index (χ0) is 15.2. The molecule has 0 radical (unpaired) electrons. The number of hydrazone groups is 1. The van der Waals surface area contributed by atoms with Gasteiger partial charge in [0.15, 0.2) is 0 Å². The molecule has 0 spiro atoms. The first-order chi connectivity index (χ1) is 10.1. The highest BCUT2D eigenvalue weighted by atomic mass is 79.9. The van der Waals surface area contributed by atoms with Gasteiger partial charge in [0.2, 0.25) is 0 Å². The van der Waals surface area contributed by atoms with Crippen LogP contribution < -0.4 is 10.2 Å². The number of amides is 1. The van der Waals surface area contributed by atoms with Crippen molar-refractivity contribution in [2.24, 2.45) is 5.10 Å². The molecule has 0 saturated heterocycles. The topological polar surface area (TPSA) is 50.7 Å². The van der Waals surface area contributed by atoms with E-state index in [4.69, 9.17) is 4.74 Å². The Labute approximate surface area is 132 Å². The van der Waals surface area contributed by atoms with Crippen LogP contribution in [-0.4, -0.2) is 19.2 Å². The summed E-state index contributed by atoms with van der Waals surface area (Å²) in [6, 6.07) is 13.0. The lowest BCUT2D eigenvalue weighted by Gasteiger charge is -2.05. The molecule has 0 aromatic heterocycles. The molecule has 0 bridgehead atoms. The standard InChI is InChI=1S/C16H15BrN2O2/c1-11-3-5-12(6-4-11)10-18-19-16(20)14-9-13(21-2)7-8-15(14)17/h3-10H,1-2H3,(H,19,20)/b18-10-. The zero-order valence-electron chi connectivity index (χ0n) is 11.8. The molecule has 0 aliphatic carbocycles. The van der Waals surface area contributed by atoms with Gasteiger partial charge in [0.25, 0.3) is 5.91 Å². The van der Waals surface area contributed by atoms with E-state index >= 15 is 0 Å². The van der Waals surface area contributed by atoms with Crippen molar-refractivity contribution in [2.75, 3.05) is 7.11 Å². The zero-order valence-corrected chi connectivity index (χ0v) is 13.3. The molecule has 1 amide bonds. The summed E-state index contributed by atoms with van der Waals surface area (Å²) in [6.07, 6.45) is 1.60. The second-order valence-electron chi connectivity index (χ2n) is 4.46. The number of nitrogens with zero attached hydrogens (tertiary/aromatic N) is 1. The molecule has 0 saturated carbocycles. The van der Waals surface area contributed by atoms with E-state index in [1.807, 2.05) is 31.2 Å². The van der Waals surface area contributed by atoms with E-state index in [9.17, 15) is 4.79 Å². The Morgan fingerprint density at radius 1 is 1.24 bits per heavy atom. The minimum Gasteiger partial charge on any atom is -0.497 e. The third-order valence-corrected chi connectivity index (χ3v) is 3.57. The molecule has 108 valence electrons. The number of rotatable bonds is 4. The predicted molar refractivity (Wildman–Crippen MR) is 86.9 cm³/mol. The Balaban J connectivity index is 2.06. The lowest BCUT2D eigenvalue weighted by molar-refractivity contribution is 0.0954. The van der Waals surface area contributed by atoms with Crippen molar-refractivity contribution in [3.05, 3.63) is 63.6 Å². The SMILES string of the molecule is COc1ccc(Br)c(C(=O)N/N=C\c2ccc(C)cc2)c1. The fourth-order valence-electron chi connectivity index (χ4n) is 1.68. The van der Waals surface area contributed by atoms with Gasteiger partial charge in [-0.05, 0) is 46.6 Å². The normalized spacial score (nSPS) is 10.6. The van der Waals surface area contributed by atoms with Crippen LogP contribution in [0.5, 0.6) is 5.75 Å². The minimum atomic E-state index is -0.302. The van der Waals surface area contributed by atoms with Crippen molar-refractivity contribution in [3.63, 3.8) is 0 Å². The molecule has 2 rings (SSSR count). The van der Waals surface area contributed by atoms with E-state index in [0.717, 1.165) is 5.56 Å². The highest BCUT2D eigenvalue weighted by Gasteiger charge is 2.10. The molecule has 0 heterocycles. The van der Waals surface area contributed by atoms with Crippen LogP contribution in [0, 0.1) is 6.92 Å². The molecular formula is C16H15BrN2O2. The molecule has 0 aliphatic heterocycles. The molecule has 0 unspecified atom stereocenters. The smallest absolute Gasteiger partial charge is 0.272 e. The minimum absolute atomic E-state index is 0.302. The van der Waals surface area contributed by atoms with Crippen molar-refractivity contribution in [1.82, 2.24) is 5.43 Å². The number of carbonyl (C=O) groups excluding carboxylic acids is 1. The van der Waals surface area contributed by atoms with Crippen molar-refractivity contribution in [2.45, 2.75) is 6.92 Å². The first-order valence-corrected chi connectivity index (χ1v) is 7.13. The third kappa shape index (κ3) is 4.16. The summed E-state index contributed by atoms with van der Waals surface area (Å²) in [6.45, 7) is 2.02. The predicted octanol–water partition coefficient (Wildman–Crippen LogP) is 3.53. The first-order valence-electron chi connectivity index (χ1n) is 6.34. The maximum atomic E-state index is 12.1. The maximum absolute atomic E-state index is 12.1. The molecule has 0 aliphatic rings. The van der Waals surface area contributed by atoms with Crippen LogP contribution in [0.4, 0.5) is 0 Å². The Hall–Kier alpha value is -2.14. The summed E-state index contributed by atoms with van der Waals surface area (Å²) in [4.78, 5) is 12.1. The van der Waals surface area contributed by atoms with Gasteiger partial charge < -0.3 is 4.74 Å². The molecule has 0 atom stereocenters. The maximum Gasteiger partial charge on any atom is 0.272 e. The Bertz CT molecular complexity index is 666. The largest absolute Gasteiger partial charge is 0.497 e. The number of benzene rings is 2. The summed E-state index contributed by atoms with van der Waals surface area (Å²) in [5.41, 5.74) is 5.07. The molecule has 21 heavy (non-hydrogen) atoms. The summed E-state index contributed by atoms with van der Waals surface area (Å²) in [5, 5.41) is 3.96. The fourth-order valence-corrected chi connectivity index (χ4v) is 2.11. The number of carbonyl (C=O) groups is 1. The van der Waals surface area contributed by atoms with Crippen LogP contribution in [0.1, 0.15) is 21.5 Å².